The van der Waals surface area contributed by atoms with Crippen LogP contribution in [0.3, 0.4) is 0 Å². The average molecular weight is 353 g/mol. The van der Waals surface area contributed by atoms with Crippen LogP contribution in [0.25, 0.3) is 0 Å². The lowest BCUT2D eigenvalue weighted by Gasteiger charge is -2.26. The molecule has 0 aliphatic carbocycles. The van der Waals surface area contributed by atoms with Gasteiger partial charge in [-0.15, -0.1) is 10.2 Å². The van der Waals surface area contributed by atoms with Gasteiger partial charge in [0, 0.05) is 13.1 Å². The third-order valence-corrected chi connectivity index (χ3v) is 3.69. The molecule has 132 valence electrons. The number of nitrogens with two attached hydrogens (primary N) is 1. The van der Waals surface area contributed by atoms with Crippen molar-refractivity contribution in [2.45, 2.75) is 39.0 Å². The van der Waals surface area contributed by atoms with E-state index >= 15 is 0 Å². The molecule has 0 saturated heterocycles. The number of aromatic nitrogens is 3. The van der Waals surface area contributed by atoms with Crippen molar-refractivity contribution in [2.75, 3.05) is 24.7 Å². The summed E-state index contributed by atoms with van der Waals surface area (Å²) in [6, 6.07) is 0. The van der Waals surface area contributed by atoms with Gasteiger partial charge in [-0.3, -0.25) is 4.79 Å². The summed E-state index contributed by atoms with van der Waals surface area (Å²) in [5, 5.41) is 6.28. The van der Waals surface area contributed by atoms with E-state index in [0.29, 0.717) is 29.6 Å². The Morgan fingerprint density at radius 1 is 1.22 bits per heavy atom. The first-order valence-corrected chi connectivity index (χ1v) is 8.19. The molecule has 0 atom stereocenters. The molecule has 0 spiro atoms. The Hall–Kier alpha value is -1.45. The Balaban J connectivity index is 2.72. The number of carbonyl (C=O) groups is 1. The van der Waals surface area contributed by atoms with Gasteiger partial charge in [0.05, 0.1) is 5.75 Å². The van der Waals surface area contributed by atoms with Gasteiger partial charge in [-0.05, 0) is 11.8 Å². The number of hydrogen-bond acceptors (Lipinski definition) is 5. The summed E-state index contributed by atoms with van der Waals surface area (Å²) in [6.45, 7) is 9.20. The molecule has 23 heavy (non-hydrogen) atoms. The zero-order valence-corrected chi connectivity index (χ0v) is 14.4. The molecule has 0 radical (unpaired) electrons. The Kier molecular flexibility index (Phi) is 6.72. The Morgan fingerprint density at radius 3 is 2.13 bits per heavy atom. The van der Waals surface area contributed by atoms with E-state index < -0.39 is 12.0 Å². The predicted octanol–water partition coefficient (Wildman–Crippen LogP) is 2.24. The molecule has 1 aromatic heterocycles. The van der Waals surface area contributed by atoms with E-state index in [1.54, 1.807) is 4.90 Å². The highest BCUT2D eigenvalue weighted by Crippen LogP contribution is 2.28. The van der Waals surface area contributed by atoms with E-state index in [0.717, 1.165) is 11.8 Å². The second kappa shape index (κ2) is 7.89. The largest absolute Gasteiger partial charge is 0.453 e. The average Bonchev–Trinajstić information content (AvgIpc) is 2.75. The maximum atomic E-state index is 12.6. The molecule has 6 nitrogen and oxygen atoms in total. The highest BCUT2D eigenvalue weighted by atomic mass is 32.2. The summed E-state index contributed by atoms with van der Waals surface area (Å²) in [6.07, 6.45) is -4.67. The van der Waals surface area contributed by atoms with Gasteiger partial charge in [0.25, 0.3) is 5.82 Å². The van der Waals surface area contributed by atoms with Crippen LogP contribution < -0.4 is 5.84 Å². The zero-order chi connectivity index (χ0) is 17.8. The molecule has 0 unspecified atom stereocenters. The lowest BCUT2D eigenvalue weighted by atomic mass is 10.1. The Bertz CT molecular complexity index is 520. The fourth-order valence-corrected chi connectivity index (χ4v) is 2.71. The molecule has 1 rings (SSSR count). The standard InChI is InChI=1S/C13H22F3N5OS/c1-8(2)5-20(6-9(3)4)10(22)7-23-12-19-18-11(21(12)17)13(14,15)16/h8-9H,5-7,17H2,1-4H3. The van der Waals surface area contributed by atoms with Crippen molar-refractivity contribution >= 4 is 17.7 Å². The minimum atomic E-state index is -4.67. The van der Waals surface area contributed by atoms with Crippen LogP contribution in [0.4, 0.5) is 13.2 Å². The topological polar surface area (TPSA) is 77.0 Å². The first kappa shape index (κ1) is 19.6. The van der Waals surface area contributed by atoms with Crippen LogP contribution in [0.2, 0.25) is 0 Å². The molecule has 1 aromatic rings. The van der Waals surface area contributed by atoms with Gasteiger partial charge >= 0.3 is 6.18 Å². The molecule has 10 heteroatoms. The summed E-state index contributed by atoms with van der Waals surface area (Å²) in [7, 11) is 0. The molecule has 0 bridgehead atoms. The third kappa shape index (κ3) is 5.92. The van der Waals surface area contributed by atoms with E-state index in [1.165, 1.54) is 0 Å². The zero-order valence-electron chi connectivity index (χ0n) is 13.6. The van der Waals surface area contributed by atoms with E-state index in [9.17, 15) is 18.0 Å². The lowest BCUT2D eigenvalue weighted by Crippen LogP contribution is -2.38. The summed E-state index contributed by atoms with van der Waals surface area (Å²) >= 11 is 0.848. The Morgan fingerprint density at radius 2 is 1.74 bits per heavy atom. The molecule has 2 N–H and O–H groups in total. The first-order chi connectivity index (χ1) is 10.5. The van der Waals surface area contributed by atoms with Crippen molar-refractivity contribution in [3.63, 3.8) is 0 Å². The van der Waals surface area contributed by atoms with Crippen molar-refractivity contribution in [1.82, 2.24) is 19.8 Å². The van der Waals surface area contributed by atoms with Gasteiger partial charge in [-0.1, -0.05) is 39.5 Å². The van der Waals surface area contributed by atoms with Crippen LogP contribution in [0.1, 0.15) is 33.5 Å². The van der Waals surface area contributed by atoms with Crippen molar-refractivity contribution in [2.24, 2.45) is 11.8 Å². The van der Waals surface area contributed by atoms with Crippen molar-refractivity contribution in [1.29, 1.82) is 0 Å². The summed E-state index contributed by atoms with van der Waals surface area (Å²) in [4.78, 5) is 14.0. The molecular weight excluding hydrogens is 331 g/mol. The number of halogens is 3. The van der Waals surface area contributed by atoms with Gasteiger partial charge in [-0.2, -0.15) is 13.2 Å². The van der Waals surface area contributed by atoms with Crippen molar-refractivity contribution < 1.29 is 18.0 Å². The minimum Gasteiger partial charge on any atom is -0.341 e. The quantitative estimate of drug-likeness (QED) is 0.601. The van der Waals surface area contributed by atoms with E-state index in [1.807, 2.05) is 27.7 Å². The molecule has 0 saturated carbocycles. The Labute approximate surface area is 137 Å². The lowest BCUT2D eigenvalue weighted by molar-refractivity contribution is -0.146. The molecular formula is C13H22F3N5OS. The third-order valence-electron chi connectivity index (χ3n) is 2.77. The van der Waals surface area contributed by atoms with E-state index in [-0.39, 0.29) is 16.8 Å². The van der Waals surface area contributed by atoms with E-state index in [2.05, 4.69) is 10.2 Å². The number of carbonyl (C=O) groups excluding carboxylic acids is 1. The normalized spacial score (nSPS) is 12.2. The van der Waals surface area contributed by atoms with Crippen molar-refractivity contribution in [3.8, 4) is 0 Å². The number of rotatable bonds is 7. The summed E-state index contributed by atoms with van der Waals surface area (Å²) < 4.78 is 38.1. The fourth-order valence-electron chi connectivity index (χ4n) is 1.95. The highest BCUT2D eigenvalue weighted by Gasteiger charge is 2.38. The van der Waals surface area contributed by atoms with Crippen LogP contribution in [0, 0.1) is 11.8 Å². The van der Waals surface area contributed by atoms with Gasteiger partial charge in [-0.25, -0.2) is 4.68 Å². The second-order valence-corrected chi connectivity index (χ2v) is 6.99. The predicted molar refractivity (Wildman–Crippen MR) is 82.2 cm³/mol. The van der Waals surface area contributed by atoms with Gasteiger partial charge in [0.1, 0.15) is 0 Å². The number of amides is 1. The minimum absolute atomic E-state index is 0.0351. The molecule has 0 aliphatic rings. The fraction of sp³-hybridized carbons (Fsp3) is 0.769. The number of nitrogen functional groups attached to an aromatic ring is 1. The summed E-state index contributed by atoms with van der Waals surface area (Å²) in [5.74, 6) is 4.47. The molecule has 1 heterocycles. The number of alkyl halides is 3. The summed E-state index contributed by atoms with van der Waals surface area (Å²) in [5.41, 5.74) is 0. The number of thioether (sulfide) groups is 1. The second-order valence-electron chi connectivity index (χ2n) is 6.05. The van der Waals surface area contributed by atoms with Crippen LogP contribution in [0.15, 0.2) is 5.16 Å². The number of hydrogen-bond donors (Lipinski definition) is 1. The van der Waals surface area contributed by atoms with Crippen molar-refractivity contribution in [3.05, 3.63) is 5.82 Å². The van der Waals surface area contributed by atoms with E-state index in [4.69, 9.17) is 5.84 Å². The van der Waals surface area contributed by atoms with Gasteiger partial charge in [0.15, 0.2) is 0 Å². The van der Waals surface area contributed by atoms with Crippen LogP contribution >= 0.6 is 11.8 Å². The monoisotopic (exact) mass is 353 g/mol. The number of nitrogens with zero attached hydrogens (tertiary/aromatic N) is 4. The van der Waals surface area contributed by atoms with Crippen LogP contribution in [-0.4, -0.2) is 44.5 Å². The molecule has 0 fully saturated rings. The highest BCUT2D eigenvalue weighted by molar-refractivity contribution is 7.99. The maximum Gasteiger partial charge on any atom is 0.453 e. The van der Waals surface area contributed by atoms with Gasteiger partial charge < -0.3 is 10.7 Å². The van der Waals surface area contributed by atoms with Crippen LogP contribution in [-0.2, 0) is 11.0 Å². The van der Waals surface area contributed by atoms with Crippen LogP contribution in [0.5, 0.6) is 0 Å². The van der Waals surface area contributed by atoms with Gasteiger partial charge in [0.2, 0.25) is 11.1 Å². The molecule has 0 aromatic carbocycles. The first-order valence-electron chi connectivity index (χ1n) is 7.20. The SMILES string of the molecule is CC(C)CN(CC(C)C)C(=O)CSc1nnc(C(F)(F)F)n1N. The molecule has 0 aliphatic heterocycles. The smallest absolute Gasteiger partial charge is 0.341 e. The molecule has 1 amide bonds. The maximum absolute atomic E-state index is 12.6.